The van der Waals surface area contributed by atoms with Gasteiger partial charge in [0.25, 0.3) is 0 Å². The molecule has 0 bridgehead atoms. The van der Waals surface area contributed by atoms with E-state index in [1.165, 1.54) is 22.8 Å². The second kappa shape index (κ2) is 4.30. The van der Waals surface area contributed by atoms with Crippen molar-refractivity contribution >= 4 is 22.4 Å². The zero-order valence-electron chi connectivity index (χ0n) is 9.94. The molecule has 0 aliphatic heterocycles. The van der Waals surface area contributed by atoms with Crippen LogP contribution in [0.5, 0.6) is 0 Å². The largest absolute Gasteiger partial charge is 0.264 e. The molecule has 17 heavy (non-hydrogen) atoms. The van der Waals surface area contributed by atoms with Gasteiger partial charge in [-0.05, 0) is 35.6 Å². The van der Waals surface area contributed by atoms with Gasteiger partial charge >= 0.3 is 0 Å². The minimum atomic E-state index is 0.318. The van der Waals surface area contributed by atoms with E-state index in [2.05, 4.69) is 36.2 Å². The van der Waals surface area contributed by atoms with Crippen LogP contribution in [-0.2, 0) is 0 Å². The number of rotatable bonds is 1. The molecule has 0 radical (unpaired) electrons. The molecule has 0 spiro atoms. The standard InChI is InChI=1S/C15H16ClN/c1-10-12(6-7-15(10)16)14-9-17-8-11-4-2-3-5-13(11)14/h2-5,8-10,12,15H,6-7H2,1H3. The monoisotopic (exact) mass is 245 g/mol. The summed E-state index contributed by atoms with van der Waals surface area (Å²) < 4.78 is 0. The van der Waals surface area contributed by atoms with E-state index in [9.17, 15) is 0 Å². The van der Waals surface area contributed by atoms with Gasteiger partial charge in [-0.3, -0.25) is 4.98 Å². The number of alkyl halides is 1. The third kappa shape index (κ3) is 1.83. The van der Waals surface area contributed by atoms with E-state index in [1.807, 2.05) is 12.4 Å². The molecule has 1 fully saturated rings. The van der Waals surface area contributed by atoms with E-state index in [1.54, 1.807) is 0 Å². The third-order valence-corrected chi connectivity index (χ3v) is 4.67. The van der Waals surface area contributed by atoms with Crippen molar-refractivity contribution in [3.05, 3.63) is 42.2 Å². The predicted molar refractivity (Wildman–Crippen MR) is 72.5 cm³/mol. The van der Waals surface area contributed by atoms with Gasteiger partial charge in [-0.1, -0.05) is 31.2 Å². The lowest BCUT2D eigenvalue weighted by atomic mass is 9.88. The van der Waals surface area contributed by atoms with Gasteiger partial charge in [0.05, 0.1) is 0 Å². The summed E-state index contributed by atoms with van der Waals surface area (Å²) >= 11 is 6.34. The van der Waals surface area contributed by atoms with Crippen molar-refractivity contribution < 1.29 is 0 Å². The molecule has 0 amide bonds. The van der Waals surface area contributed by atoms with E-state index in [-0.39, 0.29) is 0 Å². The minimum absolute atomic E-state index is 0.318. The summed E-state index contributed by atoms with van der Waals surface area (Å²) in [6.45, 7) is 2.26. The molecule has 3 rings (SSSR count). The molecular weight excluding hydrogens is 230 g/mol. The van der Waals surface area contributed by atoms with Gasteiger partial charge in [0, 0.05) is 23.2 Å². The van der Waals surface area contributed by atoms with Crippen molar-refractivity contribution in [1.82, 2.24) is 4.98 Å². The first-order chi connectivity index (χ1) is 8.27. The Labute approximate surface area is 107 Å². The fraction of sp³-hybridized carbons (Fsp3) is 0.400. The fourth-order valence-corrected chi connectivity index (χ4v) is 3.29. The second-order valence-electron chi connectivity index (χ2n) is 5.01. The molecule has 0 N–H and O–H groups in total. The van der Waals surface area contributed by atoms with Crippen LogP contribution in [0, 0.1) is 5.92 Å². The molecule has 3 atom stereocenters. The first-order valence-corrected chi connectivity index (χ1v) is 6.67. The number of fused-ring (bicyclic) bond motifs is 1. The topological polar surface area (TPSA) is 12.9 Å². The van der Waals surface area contributed by atoms with Crippen LogP contribution in [0.4, 0.5) is 0 Å². The van der Waals surface area contributed by atoms with Crippen molar-refractivity contribution in [1.29, 1.82) is 0 Å². The van der Waals surface area contributed by atoms with Crippen molar-refractivity contribution in [2.45, 2.75) is 31.1 Å². The van der Waals surface area contributed by atoms with E-state index in [4.69, 9.17) is 11.6 Å². The molecule has 1 aliphatic carbocycles. The number of nitrogens with zero attached hydrogens (tertiary/aromatic N) is 1. The molecule has 1 heterocycles. The molecule has 1 aromatic carbocycles. The summed E-state index contributed by atoms with van der Waals surface area (Å²) in [4.78, 5) is 4.37. The Bertz CT molecular complexity index is 532. The summed E-state index contributed by atoms with van der Waals surface area (Å²) in [7, 11) is 0. The van der Waals surface area contributed by atoms with Gasteiger partial charge in [0.2, 0.25) is 0 Å². The Morgan fingerprint density at radius 1 is 1.18 bits per heavy atom. The fourth-order valence-electron chi connectivity index (χ4n) is 2.99. The van der Waals surface area contributed by atoms with Crippen LogP contribution >= 0.6 is 11.6 Å². The molecule has 3 unspecified atom stereocenters. The predicted octanol–water partition coefficient (Wildman–Crippen LogP) is 4.36. The smallest absolute Gasteiger partial charge is 0.0367 e. The highest BCUT2D eigenvalue weighted by atomic mass is 35.5. The zero-order chi connectivity index (χ0) is 11.8. The van der Waals surface area contributed by atoms with E-state index in [0.29, 0.717) is 17.2 Å². The van der Waals surface area contributed by atoms with Gasteiger partial charge in [-0.2, -0.15) is 0 Å². The second-order valence-corrected chi connectivity index (χ2v) is 5.57. The van der Waals surface area contributed by atoms with Crippen molar-refractivity contribution in [3.63, 3.8) is 0 Å². The highest BCUT2D eigenvalue weighted by molar-refractivity contribution is 6.21. The summed E-state index contributed by atoms with van der Waals surface area (Å²) in [5, 5.41) is 2.89. The van der Waals surface area contributed by atoms with Crippen molar-refractivity contribution in [2.75, 3.05) is 0 Å². The van der Waals surface area contributed by atoms with Crippen LogP contribution in [0.25, 0.3) is 10.8 Å². The lowest BCUT2D eigenvalue weighted by Gasteiger charge is -2.18. The summed E-state index contributed by atoms with van der Waals surface area (Å²) in [5.74, 6) is 1.11. The Kier molecular flexibility index (Phi) is 2.79. The quantitative estimate of drug-likeness (QED) is 0.681. The van der Waals surface area contributed by atoms with Crippen LogP contribution in [0.1, 0.15) is 31.2 Å². The Balaban J connectivity index is 2.11. The highest BCUT2D eigenvalue weighted by Gasteiger charge is 2.33. The molecular formula is C15H16ClN. The van der Waals surface area contributed by atoms with Crippen LogP contribution in [0.2, 0.25) is 0 Å². The first kappa shape index (κ1) is 11.0. The van der Waals surface area contributed by atoms with E-state index >= 15 is 0 Å². The van der Waals surface area contributed by atoms with E-state index < -0.39 is 0 Å². The molecule has 0 saturated heterocycles. The number of pyridine rings is 1. The molecule has 1 aliphatic rings. The first-order valence-electron chi connectivity index (χ1n) is 6.24. The van der Waals surface area contributed by atoms with Crippen LogP contribution < -0.4 is 0 Å². The summed E-state index contributed by atoms with van der Waals surface area (Å²) in [5.41, 5.74) is 1.37. The lowest BCUT2D eigenvalue weighted by molar-refractivity contribution is 0.539. The SMILES string of the molecule is CC1C(Cl)CCC1c1cncc2ccccc12. The Morgan fingerprint density at radius 2 is 2.00 bits per heavy atom. The van der Waals surface area contributed by atoms with Gasteiger partial charge in [0.1, 0.15) is 0 Å². The Morgan fingerprint density at radius 3 is 2.76 bits per heavy atom. The van der Waals surface area contributed by atoms with Crippen LogP contribution in [0.15, 0.2) is 36.7 Å². The van der Waals surface area contributed by atoms with Gasteiger partial charge < -0.3 is 0 Å². The van der Waals surface area contributed by atoms with Crippen molar-refractivity contribution in [3.8, 4) is 0 Å². The number of hydrogen-bond donors (Lipinski definition) is 0. The molecule has 2 aromatic rings. The molecule has 1 nitrogen and oxygen atoms in total. The summed E-state index contributed by atoms with van der Waals surface area (Å²) in [6.07, 6.45) is 6.27. The highest BCUT2D eigenvalue weighted by Crippen LogP contribution is 2.43. The normalized spacial score (nSPS) is 28.7. The number of halogens is 1. The molecule has 2 heteroatoms. The minimum Gasteiger partial charge on any atom is -0.264 e. The average Bonchev–Trinajstić information content (AvgIpc) is 2.69. The molecule has 1 saturated carbocycles. The lowest BCUT2D eigenvalue weighted by Crippen LogP contribution is -2.10. The van der Waals surface area contributed by atoms with Crippen LogP contribution in [0.3, 0.4) is 0 Å². The molecule has 1 aromatic heterocycles. The van der Waals surface area contributed by atoms with Gasteiger partial charge in [-0.25, -0.2) is 0 Å². The third-order valence-electron chi connectivity index (χ3n) is 4.06. The maximum absolute atomic E-state index is 6.34. The number of benzene rings is 1. The maximum Gasteiger partial charge on any atom is 0.0367 e. The average molecular weight is 246 g/mol. The summed E-state index contributed by atoms with van der Waals surface area (Å²) in [6, 6.07) is 8.49. The molecule has 88 valence electrons. The van der Waals surface area contributed by atoms with Crippen LogP contribution in [-0.4, -0.2) is 10.4 Å². The zero-order valence-corrected chi connectivity index (χ0v) is 10.7. The van der Waals surface area contributed by atoms with Gasteiger partial charge in [0.15, 0.2) is 0 Å². The van der Waals surface area contributed by atoms with Gasteiger partial charge in [-0.15, -0.1) is 11.6 Å². The number of aromatic nitrogens is 1. The number of hydrogen-bond acceptors (Lipinski definition) is 1. The van der Waals surface area contributed by atoms with E-state index in [0.717, 1.165) is 6.42 Å². The van der Waals surface area contributed by atoms with Crippen molar-refractivity contribution in [2.24, 2.45) is 5.92 Å². The maximum atomic E-state index is 6.34. The Hall–Kier alpha value is -1.08.